The van der Waals surface area contributed by atoms with E-state index < -0.39 is 5.91 Å². The highest BCUT2D eigenvalue weighted by atomic mass is 16.2. The molecule has 1 aliphatic heterocycles. The molecule has 0 spiro atoms. The first-order valence-corrected chi connectivity index (χ1v) is 7.31. The van der Waals surface area contributed by atoms with Gasteiger partial charge in [-0.15, -0.1) is 0 Å². The normalized spacial score (nSPS) is 19.2. The molecule has 21 heavy (non-hydrogen) atoms. The van der Waals surface area contributed by atoms with Crippen molar-refractivity contribution >= 4 is 17.6 Å². The molecule has 2 heterocycles. The lowest BCUT2D eigenvalue weighted by molar-refractivity contribution is -0.132. The molecule has 0 radical (unpaired) electrons. The smallest absolute Gasteiger partial charge is 0.268 e. The Labute approximate surface area is 123 Å². The van der Waals surface area contributed by atoms with E-state index in [0.717, 1.165) is 32.4 Å². The zero-order valence-electron chi connectivity index (χ0n) is 11.9. The fourth-order valence-electron chi connectivity index (χ4n) is 2.58. The summed E-state index contributed by atoms with van der Waals surface area (Å²) >= 11 is 0. The summed E-state index contributed by atoms with van der Waals surface area (Å²) in [5.74, 6) is 0.611. The van der Waals surface area contributed by atoms with Crippen LogP contribution in [0.25, 0.3) is 0 Å². The molecular weight excluding hydrogens is 270 g/mol. The number of nitrogens with zero attached hydrogens (tertiary/aromatic N) is 4. The number of hydrogen-bond acceptors (Lipinski definition) is 5. The lowest BCUT2D eigenvalue weighted by atomic mass is 10.3. The number of amides is 2. The maximum absolute atomic E-state index is 12.1. The van der Waals surface area contributed by atoms with E-state index in [2.05, 4.69) is 14.9 Å². The summed E-state index contributed by atoms with van der Waals surface area (Å²) in [5, 5.41) is 0. The van der Waals surface area contributed by atoms with Crippen LogP contribution in [0.4, 0.5) is 5.82 Å². The summed E-state index contributed by atoms with van der Waals surface area (Å²) in [6.07, 6.45) is 5.95. The summed E-state index contributed by atoms with van der Waals surface area (Å²) in [7, 11) is 0. The Morgan fingerprint density at radius 2 is 1.95 bits per heavy atom. The monoisotopic (exact) mass is 289 g/mol. The van der Waals surface area contributed by atoms with Gasteiger partial charge in [0, 0.05) is 32.1 Å². The van der Waals surface area contributed by atoms with E-state index in [-0.39, 0.29) is 17.5 Å². The Morgan fingerprint density at radius 1 is 1.14 bits per heavy atom. The van der Waals surface area contributed by atoms with Gasteiger partial charge in [0.1, 0.15) is 11.5 Å². The average molecular weight is 289 g/mol. The third-order valence-electron chi connectivity index (χ3n) is 3.93. The van der Waals surface area contributed by atoms with Crippen molar-refractivity contribution < 1.29 is 9.59 Å². The first-order chi connectivity index (χ1) is 10.1. The van der Waals surface area contributed by atoms with Crippen LogP contribution in [0.1, 0.15) is 29.8 Å². The van der Waals surface area contributed by atoms with Crippen LogP contribution in [0, 0.1) is 5.92 Å². The minimum absolute atomic E-state index is 0.169. The lowest BCUT2D eigenvalue weighted by Gasteiger charge is -2.22. The van der Waals surface area contributed by atoms with Crippen molar-refractivity contribution in [3.05, 3.63) is 18.1 Å². The van der Waals surface area contributed by atoms with Gasteiger partial charge in [0.15, 0.2) is 0 Å². The molecule has 1 aromatic heterocycles. The van der Waals surface area contributed by atoms with Gasteiger partial charge >= 0.3 is 0 Å². The van der Waals surface area contributed by atoms with E-state index in [9.17, 15) is 9.59 Å². The number of rotatable bonds is 3. The zero-order chi connectivity index (χ0) is 14.8. The molecule has 7 heteroatoms. The Bertz CT molecular complexity index is 558. The van der Waals surface area contributed by atoms with Crippen LogP contribution in [0.3, 0.4) is 0 Å². The Balaban J connectivity index is 1.68. The van der Waals surface area contributed by atoms with Gasteiger partial charge in [-0.25, -0.2) is 4.98 Å². The third kappa shape index (κ3) is 3.12. The number of carbonyl (C=O) groups excluding carboxylic acids is 2. The molecule has 112 valence electrons. The first-order valence-electron chi connectivity index (χ1n) is 7.31. The molecule has 1 aromatic rings. The molecule has 0 atom stereocenters. The standard InChI is InChI=1S/C14H19N5O2/c15-13(20)11-8-16-9-12(17-11)18-4-1-5-19(7-6-18)14(21)10-2-3-10/h8-10H,1-7H2,(H2,15,20). The fraction of sp³-hybridized carbons (Fsp3) is 0.571. The summed E-state index contributed by atoms with van der Waals surface area (Å²) in [4.78, 5) is 35.6. The van der Waals surface area contributed by atoms with E-state index in [0.29, 0.717) is 18.9 Å². The summed E-state index contributed by atoms with van der Waals surface area (Å²) in [6.45, 7) is 2.98. The minimum atomic E-state index is -0.579. The van der Waals surface area contributed by atoms with Crippen LogP contribution < -0.4 is 10.6 Å². The summed E-state index contributed by atoms with van der Waals surface area (Å²) < 4.78 is 0. The van der Waals surface area contributed by atoms with Crippen molar-refractivity contribution in [3.8, 4) is 0 Å². The number of carbonyl (C=O) groups is 2. The molecule has 2 N–H and O–H groups in total. The average Bonchev–Trinajstić information content (AvgIpc) is 3.33. The van der Waals surface area contributed by atoms with Gasteiger partial charge in [0.05, 0.1) is 12.4 Å². The SMILES string of the molecule is NC(=O)c1cncc(N2CCCN(C(=O)C3CC3)CC2)n1. The van der Waals surface area contributed by atoms with E-state index in [4.69, 9.17) is 5.73 Å². The number of primary amides is 1. The maximum Gasteiger partial charge on any atom is 0.268 e. The summed E-state index contributed by atoms with van der Waals surface area (Å²) in [5.41, 5.74) is 5.40. The highest BCUT2D eigenvalue weighted by molar-refractivity contribution is 5.90. The van der Waals surface area contributed by atoms with Crippen molar-refractivity contribution in [2.75, 3.05) is 31.1 Å². The number of aromatic nitrogens is 2. The lowest BCUT2D eigenvalue weighted by Crippen LogP contribution is -2.36. The van der Waals surface area contributed by atoms with E-state index >= 15 is 0 Å². The summed E-state index contributed by atoms with van der Waals surface area (Å²) in [6, 6.07) is 0. The topological polar surface area (TPSA) is 92.4 Å². The highest BCUT2D eigenvalue weighted by Crippen LogP contribution is 2.31. The van der Waals surface area contributed by atoms with Crippen LogP contribution in [-0.2, 0) is 4.79 Å². The van der Waals surface area contributed by atoms with Crippen molar-refractivity contribution in [3.63, 3.8) is 0 Å². The molecule has 2 aliphatic rings. The fourth-order valence-corrected chi connectivity index (χ4v) is 2.58. The van der Waals surface area contributed by atoms with Gasteiger partial charge in [-0.2, -0.15) is 0 Å². The van der Waals surface area contributed by atoms with Crippen LogP contribution in [0.15, 0.2) is 12.4 Å². The maximum atomic E-state index is 12.1. The zero-order valence-corrected chi connectivity index (χ0v) is 11.9. The highest BCUT2D eigenvalue weighted by Gasteiger charge is 2.34. The number of anilines is 1. The van der Waals surface area contributed by atoms with Crippen molar-refractivity contribution in [2.45, 2.75) is 19.3 Å². The number of hydrogen-bond donors (Lipinski definition) is 1. The molecule has 7 nitrogen and oxygen atoms in total. The molecule has 3 rings (SSSR count). The molecule has 1 saturated heterocycles. The van der Waals surface area contributed by atoms with Gasteiger partial charge in [-0.1, -0.05) is 0 Å². The second kappa shape index (κ2) is 5.67. The van der Waals surface area contributed by atoms with Crippen molar-refractivity contribution in [1.29, 1.82) is 0 Å². The van der Waals surface area contributed by atoms with Crippen LogP contribution >= 0.6 is 0 Å². The molecule has 0 bridgehead atoms. The van der Waals surface area contributed by atoms with Crippen molar-refractivity contribution in [1.82, 2.24) is 14.9 Å². The molecule has 1 saturated carbocycles. The first kappa shape index (κ1) is 13.8. The largest absolute Gasteiger partial charge is 0.364 e. The van der Waals surface area contributed by atoms with Gasteiger partial charge in [-0.3, -0.25) is 14.6 Å². The van der Waals surface area contributed by atoms with Crippen LogP contribution in [-0.4, -0.2) is 52.9 Å². The van der Waals surface area contributed by atoms with Crippen LogP contribution in [0.5, 0.6) is 0 Å². The second-order valence-corrected chi connectivity index (χ2v) is 5.57. The van der Waals surface area contributed by atoms with E-state index in [1.54, 1.807) is 6.20 Å². The molecule has 0 aromatic carbocycles. The molecular formula is C14H19N5O2. The van der Waals surface area contributed by atoms with Gasteiger partial charge < -0.3 is 15.5 Å². The molecule has 0 unspecified atom stereocenters. The van der Waals surface area contributed by atoms with Gasteiger partial charge in [0.2, 0.25) is 5.91 Å². The van der Waals surface area contributed by atoms with Gasteiger partial charge in [-0.05, 0) is 19.3 Å². The molecule has 2 fully saturated rings. The predicted octanol–water partition coefficient (Wildman–Crippen LogP) is 0.0242. The Hall–Kier alpha value is -2.18. The van der Waals surface area contributed by atoms with E-state index in [1.165, 1.54) is 6.20 Å². The van der Waals surface area contributed by atoms with Crippen molar-refractivity contribution in [2.24, 2.45) is 11.7 Å². The van der Waals surface area contributed by atoms with Crippen LogP contribution in [0.2, 0.25) is 0 Å². The number of nitrogens with two attached hydrogens (primary N) is 1. The Morgan fingerprint density at radius 3 is 2.67 bits per heavy atom. The quantitative estimate of drug-likeness (QED) is 0.847. The predicted molar refractivity (Wildman–Crippen MR) is 76.7 cm³/mol. The molecule has 1 aliphatic carbocycles. The Kier molecular flexibility index (Phi) is 3.72. The second-order valence-electron chi connectivity index (χ2n) is 5.57. The van der Waals surface area contributed by atoms with Gasteiger partial charge in [0.25, 0.3) is 5.91 Å². The van der Waals surface area contributed by atoms with E-state index in [1.807, 2.05) is 4.90 Å². The minimum Gasteiger partial charge on any atom is -0.364 e. The molecule has 2 amide bonds. The third-order valence-corrected chi connectivity index (χ3v) is 3.93.